The van der Waals surface area contributed by atoms with E-state index in [-0.39, 0.29) is 11.4 Å². The molecule has 120 valence electrons. The number of amides is 1. The molecule has 2 N–H and O–H groups in total. The zero-order valence-corrected chi connectivity index (χ0v) is 14.5. The van der Waals surface area contributed by atoms with Gasteiger partial charge in [-0.1, -0.05) is 0 Å². The van der Waals surface area contributed by atoms with Gasteiger partial charge in [0.1, 0.15) is 0 Å². The minimum atomic E-state index is -0.187. The van der Waals surface area contributed by atoms with Crippen molar-refractivity contribution in [3.63, 3.8) is 0 Å². The number of nitrogens with one attached hydrogen (secondary N) is 2. The fourth-order valence-corrected chi connectivity index (χ4v) is 2.79. The van der Waals surface area contributed by atoms with Gasteiger partial charge in [-0.25, -0.2) is 0 Å². The highest BCUT2D eigenvalue weighted by atomic mass is 16.1. The molecular formula is C16H30N4O. The van der Waals surface area contributed by atoms with Crippen molar-refractivity contribution in [2.45, 2.75) is 73.0 Å². The second kappa shape index (κ2) is 7.07. The Labute approximate surface area is 128 Å². The minimum Gasteiger partial charge on any atom is -0.351 e. The Kier molecular flexibility index (Phi) is 5.96. The summed E-state index contributed by atoms with van der Waals surface area (Å²) in [7, 11) is 0. The summed E-state index contributed by atoms with van der Waals surface area (Å²) in [5.41, 5.74) is 3.43. The van der Waals surface area contributed by atoms with Gasteiger partial charge in [0.25, 0.3) is 0 Å². The van der Waals surface area contributed by atoms with Gasteiger partial charge in [0.2, 0.25) is 5.91 Å². The standard InChI is InChI=1S/C16H30N4O/c1-11(10-16(6,7)18-15(5)21)17-8-9-20-14(4)12(2)13(3)19-20/h11,17H,8-10H2,1-7H3,(H,18,21)/t11-/m0/s1. The average Bonchev–Trinajstić information content (AvgIpc) is 2.54. The first-order valence-electron chi connectivity index (χ1n) is 7.65. The van der Waals surface area contributed by atoms with Crippen LogP contribution in [0, 0.1) is 20.8 Å². The van der Waals surface area contributed by atoms with Crippen LogP contribution in [0.1, 0.15) is 51.1 Å². The number of carbonyl (C=O) groups excluding carboxylic acids is 1. The van der Waals surface area contributed by atoms with Gasteiger partial charge in [0.15, 0.2) is 0 Å². The first-order valence-corrected chi connectivity index (χ1v) is 7.65. The molecule has 0 saturated heterocycles. The van der Waals surface area contributed by atoms with E-state index >= 15 is 0 Å². The zero-order chi connectivity index (χ0) is 16.2. The van der Waals surface area contributed by atoms with Crippen molar-refractivity contribution in [1.82, 2.24) is 20.4 Å². The van der Waals surface area contributed by atoms with Crippen LogP contribution in [0.3, 0.4) is 0 Å². The Bertz CT molecular complexity index is 491. The Morgan fingerprint density at radius 3 is 2.43 bits per heavy atom. The van der Waals surface area contributed by atoms with Crippen molar-refractivity contribution < 1.29 is 4.79 Å². The predicted molar refractivity (Wildman–Crippen MR) is 86.4 cm³/mol. The number of aromatic nitrogens is 2. The third kappa shape index (κ3) is 5.50. The van der Waals surface area contributed by atoms with E-state index in [4.69, 9.17) is 0 Å². The number of hydrogen-bond donors (Lipinski definition) is 2. The van der Waals surface area contributed by atoms with Crippen molar-refractivity contribution in [2.75, 3.05) is 6.54 Å². The second-order valence-electron chi connectivity index (χ2n) is 6.64. The van der Waals surface area contributed by atoms with Crippen LogP contribution in [-0.4, -0.2) is 33.8 Å². The molecule has 0 aliphatic rings. The number of carbonyl (C=O) groups is 1. The van der Waals surface area contributed by atoms with E-state index < -0.39 is 0 Å². The molecule has 1 atom stereocenters. The van der Waals surface area contributed by atoms with Crippen LogP contribution in [0.25, 0.3) is 0 Å². The molecule has 0 aliphatic carbocycles. The van der Waals surface area contributed by atoms with Crippen LogP contribution in [0.5, 0.6) is 0 Å². The van der Waals surface area contributed by atoms with E-state index in [1.807, 2.05) is 6.92 Å². The monoisotopic (exact) mass is 294 g/mol. The van der Waals surface area contributed by atoms with Crippen LogP contribution in [-0.2, 0) is 11.3 Å². The lowest BCUT2D eigenvalue weighted by Gasteiger charge is -2.29. The summed E-state index contributed by atoms with van der Waals surface area (Å²) >= 11 is 0. The highest BCUT2D eigenvalue weighted by molar-refractivity contribution is 5.73. The Morgan fingerprint density at radius 1 is 1.33 bits per heavy atom. The largest absolute Gasteiger partial charge is 0.351 e. The molecule has 0 bridgehead atoms. The maximum atomic E-state index is 11.2. The van der Waals surface area contributed by atoms with E-state index in [0.717, 1.165) is 25.2 Å². The van der Waals surface area contributed by atoms with Crippen LogP contribution < -0.4 is 10.6 Å². The quantitative estimate of drug-likeness (QED) is 0.809. The zero-order valence-electron chi connectivity index (χ0n) is 14.5. The third-order valence-corrected chi connectivity index (χ3v) is 3.89. The Balaban J connectivity index is 2.41. The highest BCUT2D eigenvalue weighted by Crippen LogP contribution is 2.12. The van der Waals surface area contributed by atoms with E-state index in [2.05, 4.69) is 55.0 Å². The van der Waals surface area contributed by atoms with Crippen molar-refractivity contribution in [2.24, 2.45) is 0 Å². The smallest absolute Gasteiger partial charge is 0.217 e. The lowest BCUT2D eigenvalue weighted by atomic mass is 9.96. The Hall–Kier alpha value is -1.36. The normalized spacial score (nSPS) is 13.3. The number of nitrogens with zero attached hydrogens (tertiary/aromatic N) is 2. The number of aryl methyl sites for hydroxylation is 1. The molecule has 1 aromatic rings. The molecule has 21 heavy (non-hydrogen) atoms. The molecule has 0 unspecified atom stereocenters. The van der Waals surface area contributed by atoms with E-state index in [0.29, 0.717) is 6.04 Å². The molecule has 1 rings (SSSR count). The average molecular weight is 294 g/mol. The molecule has 0 aromatic carbocycles. The molecule has 0 aliphatic heterocycles. The lowest BCUT2D eigenvalue weighted by molar-refractivity contribution is -0.120. The third-order valence-electron chi connectivity index (χ3n) is 3.89. The van der Waals surface area contributed by atoms with Crippen molar-refractivity contribution >= 4 is 5.91 Å². The highest BCUT2D eigenvalue weighted by Gasteiger charge is 2.21. The fourth-order valence-electron chi connectivity index (χ4n) is 2.79. The fraction of sp³-hybridized carbons (Fsp3) is 0.750. The number of hydrogen-bond acceptors (Lipinski definition) is 3. The molecule has 5 heteroatoms. The molecule has 1 heterocycles. The SMILES string of the molecule is CC(=O)NC(C)(C)C[C@H](C)NCCn1nc(C)c(C)c1C. The lowest BCUT2D eigenvalue weighted by Crippen LogP contribution is -2.47. The molecule has 0 saturated carbocycles. The molecule has 5 nitrogen and oxygen atoms in total. The van der Waals surface area contributed by atoms with Gasteiger partial charge >= 0.3 is 0 Å². The molecule has 0 radical (unpaired) electrons. The number of rotatable bonds is 7. The summed E-state index contributed by atoms with van der Waals surface area (Å²) in [4.78, 5) is 11.2. The molecular weight excluding hydrogens is 264 g/mol. The van der Waals surface area contributed by atoms with Gasteiger partial charge in [-0.15, -0.1) is 0 Å². The first kappa shape index (κ1) is 17.7. The van der Waals surface area contributed by atoms with Gasteiger partial charge in [0, 0.05) is 30.7 Å². The summed E-state index contributed by atoms with van der Waals surface area (Å²) < 4.78 is 2.06. The Morgan fingerprint density at radius 2 is 1.95 bits per heavy atom. The summed E-state index contributed by atoms with van der Waals surface area (Å²) in [6.45, 7) is 15.8. The summed E-state index contributed by atoms with van der Waals surface area (Å²) in [5, 5.41) is 11.0. The summed E-state index contributed by atoms with van der Waals surface area (Å²) in [6.07, 6.45) is 0.892. The van der Waals surface area contributed by atoms with Gasteiger partial charge in [-0.2, -0.15) is 5.10 Å². The second-order valence-corrected chi connectivity index (χ2v) is 6.64. The molecule has 1 amide bonds. The van der Waals surface area contributed by atoms with Crippen molar-refractivity contribution in [1.29, 1.82) is 0 Å². The van der Waals surface area contributed by atoms with Crippen LogP contribution in [0.2, 0.25) is 0 Å². The van der Waals surface area contributed by atoms with Crippen LogP contribution in [0.4, 0.5) is 0 Å². The van der Waals surface area contributed by atoms with Gasteiger partial charge in [-0.05, 0) is 53.5 Å². The van der Waals surface area contributed by atoms with Crippen molar-refractivity contribution in [3.8, 4) is 0 Å². The molecule has 1 aromatic heterocycles. The topological polar surface area (TPSA) is 59.0 Å². The minimum absolute atomic E-state index is 0.0188. The van der Waals surface area contributed by atoms with Crippen LogP contribution >= 0.6 is 0 Å². The van der Waals surface area contributed by atoms with E-state index in [1.54, 1.807) is 6.92 Å². The molecule has 0 fully saturated rings. The maximum Gasteiger partial charge on any atom is 0.217 e. The summed E-state index contributed by atoms with van der Waals surface area (Å²) in [5.74, 6) is 0.0188. The first-order chi connectivity index (χ1) is 9.62. The maximum absolute atomic E-state index is 11.2. The van der Waals surface area contributed by atoms with Gasteiger partial charge in [0.05, 0.1) is 12.2 Å². The predicted octanol–water partition coefficient (Wildman–Crippen LogP) is 2.09. The van der Waals surface area contributed by atoms with Gasteiger partial charge in [-0.3, -0.25) is 9.48 Å². The van der Waals surface area contributed by atoms with E-state index in [1.165, 1.54) is 11.3 Å². The molecule has 0 spiro atoms. The van der Waals surface area contributed by atoms with Gasteiger partial charge < -0.3 is 10.6 Å². The van der Waals surface area contributed by atoms with Crippen molar-refractivity contribution in [3.05, 3.63) is 17.0 Å². The van der Waals surface area contributed by atoms with Crippen LogP contribution in [0.15, 0.2) is 0 Å². The summed E-state index contributed by atoms with van der Waals surface area (Å²) in [6, 6.07) is 0.338. The van der Waals surface area contributed by atoms with E-state index in [9.17, 15) is 4.79 Å².